The second-order valence-corrected chi connectivity index (χ2v) is 10.8. The zero-order valence-corrected chi connectivity index (χ0v) is 23.0. The van der Waals surface area contributed by atoms with Crippen molar-refractivity contribution in [3.8, 4) is 5.75 Å². The molecule has 1 atom stereocenters. The van der Waals surface area contributed by atoms with Crippen LogP contribution in [0.4, 0.5) is 11.4 Å². The summed E-state index contributed by atoms with van der Waals surface area (Å²) in [6, 6.07) is 21.6. The van der Waals surface area contributed by atoms with Crippen LogP contribution in [-0.2, 0) is 15.0 Å². The van der Waals surface area contributed by atoms with Crippen molar-refractivity contribution in [3.63, 3.8) is 0 Å². The molecule has 6 nitrogen and oxygen atoms in total. The normalized spacial score (nSPS) is 17.1. The molecule has 0 radical (unpaired) electrons. The van der Waals surface area contributed by atoms with E-state index in [0.29, 0.717) is 23.6 Å². The number of amides is 1. The Morgan fingerprint density at radius 3 is 2.21 bits per heavy atom. The molecule has 1 fully saturated rings. The molecule has 1 amide bonds. The van der Waals surface area contributed by atoms with Crippen LogP contribution in [0.5, 0.6) is 5.75 Å². The van der Waals surface area contributed by atoms with Gasteiger partial charge in [-0.05, 0) is 59.4 Å². The summed E-state index contributed by atoms with van der Waals surface area (Å²) in [5, 5.41) is 11.5. The molecule has 38 heavy (non-hydrogen) atoms. The Kier molecular flexibility index (Phi) is 7.63. The van der Waals surface area contributed by atoms with Crippen molar-refractivity contribution in [1.29, 1.82) is 0 Å². The summed E-state index contributed by atoms with van der Waals surface area (Å²) in [7, 11) is 3.88. The lowest BCUT2D eigenvalue weighted by Crippen LogP contribution is -2.29. The lowest BCUT2D eigenvalue weighted by atomic mass is 9.85. The summed E-state index contributed by atoms with van der Waals surface area (Å²) in [6.45, 7) is 8.95. The molecule has 3 aromatic carbocycles. The maximum atomic E-state index is 13.5. The summed E-state index contributed by atoms with van der Waals surface area (Å²) in [6.07, 6.45) is 0.846. The monoisotopic (exact) mass is 512 g/mol. The highest BCUT2D eigenvalue weighted by atomic mass is 16.5. The van der Waals surface area contributed by atoms with Gasteiger partial charge in [-0.2, -0.15) is 0 Å². The molecule has 0 bridgehead atoms. The van der Waals surface area contributed by atoms with Gasteiger partial charge in [-0.25, -0.2) is 0 Å². The highest BCUT2D eigenvalue weighted by Crippen LogP contribution is 2.43. The zero-order chi connectivity index (χ0) is 27.6. The number of aliphatic hydroxyl groups excluding tert-OH is 1. The first-order chi connectivity index (χ1) is 18.0. The number of hydrogen-bond donors (Lipinski definition) is 1. The van der Waals surface area contributed by atoms with Crippen LogP contribution >= 0.6 is 0 Å². The largest absolute Gasteiger partial charge is 0.507 e. The van der Waals surface area contributed by atoms with Gasteiger partial charge in [-0.3, -0.25) is 14.5 Å². The van der Waals surface area contributed by atoms with Gasteiger partial charge in [-0.1, -0.05) is 64.1 Å². The molecular formula is C32H36N2O4. The van der Waals surface area contributed by atoms with Crippen molar-refractivity contribution in [1.82, 2.24) is 0 Å². The third-order valence-electron chi connectivity index (χ3n) is 6.76. The highest BCUT2D eigenvalue weighted by molar-refractivity contribution is 6.51. The van der Waals surface area contributed by atoms with Crippen LogP contribution in [-0.4, -0.2) is 37.5 Å². The number of carbonyl (C=O) groups is 2. The van der Waals surface area contributed by atoms with E-state index in [-0.39, 0.29) is 16.7 Å². The molecular weight excluding hydrogens is 476 g/mol. The molecule has 0 aliphatic carbocycles. The molecule has 1 saturated heterocycles. The Bertz CT molecular complexity index is 1350. The van der Waals surface area contributed by atoms with Gasteiger partial charge in [0.15, 0.2) is 0 Å². The second kappa shape index (κ2) is 10.7. The van der Waals surface area contributed by atoms with E-state index < -0.39 is 17.7 Å². The summed E-state index contributed by atoms with van der Waals surface area (Å²) in [5.74, 6) is -1.02. The van der Waals surface area contributed by atoms with Crippen molar-refractivity contribution in [2.45, 2.75) is 45.6 Å². The first-order valence-corrected chi connectivity index (χ1v) is 12.9. The van der Waals surface area contributed by atoms with Crippen LogP contribution in [0.3, 0.4) is 0 Å². The van der Waals surface area contributed by atoms with Crippen molar-refractivity contribution in [2.75, 3.05) is 30.5 Å². The van der Waals surface area contributed by atoms with Gasteiger partial charge in [-0.15, -0.1) is 0 Å². The van der Waals surface area contributed by atoms with Crippen molar-refractivity contribution in [3.05, 3.63) is 95.1 Å². The maximum absolute atomic E-state index is 13.5. The van der Waals surface area contributed by atoms with Crippen molar-refractivity contribution >= 4 is 28.8 Å². The molecule has 1 heterocycles. The Balaban J connectivity index is 1.87. The fourth-order valence-electron chi connectivity index (χ4n) is 4.60. The topological polar surface area (TPSA) is 70.1 Å². The predicted molar refractivity (Wildman–Crippen MR) is 153 cm³/mol. The number of rotatable bonds is 7. The predicted octanol–water partition coefficient (Wildman–Crippen LogP) is 6.47. The van der Waals surface area contributed by atoms with E-state index in [1.807, 2.05) is 74.4 Å². The van der Waals surface area contributed by atoms with E-state index in [9.17, 15) is 14.7 Å². The van der Waals surface area contributed by atoms with Gasteiger partial charge < -0.3 is 14.7 Å². The average Bonchev–Trinajstić information content (AvgIpc) is 3.17. The van der Waals surface area contributed by atoms with E-state index >= 15 is 0 Å². The molecule has 1 N–H and O–H groups in total. The number of aliphatic hydroxyl groups is 1. The number of ketones is 1. The Labute approximate surface area is 225 Å². The first-order valence-electron chi connectivity index (χ1n) is 12.9. The SMILES string of the molecule is CCCOc1cccc(/C(O)=C2/C(=O)C(=O)N(c3ccc(N(C)C)cc3)C2c2ccc(C(C)(C)C)cc2)c1. The Morgan fingerprint density at radius 2 is 1.63 bits per heavy atom. The molecule has 198 valence electrons. The van der Waals surface area contributed by atoms with Crippen LogP contribution in [0.1, 0.15) is 56.8 Å². The summed E-state index contributed by atoms with van der Waals surface area (Å²) in [5.41, 5.74) is 3.87. The van der Waals surface area contributed by atoms with Crippen molar-refractivity contribution in [2.24, 2.45) is 0 Å². The Morgan fingerprint density at radius 1 is 0.974 bits per heavy atom. The molecule has 0 aromatic heterocycles. The minimum Gasteiger partial charge on any atom is -0.507 e. The van der Waals surface area contributed by atoms with E-state index in [1.165, 1.54) is 4.90 Å². The summed E-state index contributed by atoms with van der Waals surface area (Å²) < 4.78 is 5.73. The smallest absolute Gasteiger partial charge is 0.300 e. The third kappa shape index (κ3) is 5.30. The quantitative estimate of drug-likeness (QED) is 0.223. The van der Waals surface area contributed by atoms with E-state index in [2.05, 4.69) is 20.8 Å². The van der Waals surface area contributed by atoms with Gasteiger partial charge in [0, 0.05) is 31.0 Å². The fraction of sp³-hybridized carbons (Fsp3) is 0.312. The summed E-state index contributed by atoms with van der Waals surface area (Å²) >= 11 is 0. The zero-order valence-electron chi connectivity index (χ0n) is 23.0. The number of ether oxygens (including phenoxy) is 1. The fourth-order valence-corrected chi connectivity index (χ4v) is 4.60. The Hall–Kier alpha value is -4.06. The number of anilines is 2. The number of carbonyl (C=O) groups excluding carboxylic acids is 2. The third-order valence-corrected chi connectivity index (χ3v) is 6.76. The number of hydrogen-bond acceptors (Lipinski definition) is 5. The first kappa shape index (κ1) is 27.0. The van der Waals surface area contributed by atoms with Crippen molar-refractivity contribution < 1.29 is 19.4 Å². The maximum Gasteiger partial charge on any atom is 0.300 e. The van der Waals surface area contributed by atoms with E-state index in [1.54, 1.807) is 24.3 Å². The van der Waals surface area contributed by atoms with Gasteiger partial charge in [0.1, 0.15) is 11.5 Å². The van der Waals surface area contributed by atoms with Crippen LogP contribution in [0, 0.1) is 0 Å². The number of Topliss-reactive ketones (excluding diaryl/α,β-unsaturated/α-hetero) is 1. The lowest BCUT2D eigenvalue weighted by Gasteiger charge is -2.27. The molecule has 6 heteroatoms. The molecule has 4 rings (SSSR count). The van der Waals surface area contributed by atoms with Crippen LogP contribution in [0.2, 0.25) is 0 Å². The molecule has 0 saturated carbocycles. The van der Waals surface area contributed by atoms with Gasteiger partial charge in [0.2, 0.25) is 0 Å². The molecule has 1 aliphatic heterocycles. The molecule has 1 aliphatic rings. The minimum atomic E-state index is -0.783. The van der Waals surface area contributed by atoms with Gasteiger partial charge >= 0.3 is 0 Å². The second-order valence-electron chi connectivity index (χ2n) is 10.8. The molecule has 3 aromatic rings. The lowest BCUT2D eigenvalue weighted by molar-refractivity contribution is -0.132. The minimum absolute atomic E-state index is 0.0543. The highest BCUT2D eigenvalue weighted by Gasteiger charge is 2.47. The number of nitrogens with zero attached hydrogens (tertiary/aromatic N) is 2. The molecule has 0 spiro atoms. The average molecular weight is 513 g/mol. The van der Waals surface area contributed by atoms with Crippen LogP contribution < -0.4 is 14.5 Å². The van der Waals surface area contributed by atoms with Gasteiger partial charge in [0.05, 0.1) is 18.2 Å². The number of benzene rings is 3. The van der Waals surface area contributed by atoms with Gasteiger partial charge in [0.25, 0.3) is 11.7 Å². The summed E-state index contributed by atoms with van der Waals surface area (Å²) in [4.78, 5) is 30.4. The van der Waals surface area contributed by atoms with Crippen LogP contribution in [0.15, 0.2) is 78.4 Å². The molecule has 1 unspecified atom stereocenters. The van der Waals surface area contributed by atoms with Crippen LogP contribution in [0.25, 0.3) is 5.76 Å². The van der Waals surface area contributed by atoms with E-state index in [4.69, 9.17) is 4.74 Å². The standard InChI is InChI=1S/C32H36N2O4/c1-7-19-38-26-10-8-9-22(20-26)29(35)27-28(21-11-13-23(14-12-21)32(2,3)4)34(31(37)30(27)36)25-17-15-24(16-18-25)33(5)6/h8-18,20,28,35H,7,19H2,1-6H3/b29-27-. The van der Waals surface area contributed by atoms with E-state index in [0.717, 1.165) is 23.2 Å².